The van der Waals surface area contributed by atoms with Gasteiger partial charge in [0, 0.05) is 36.2 Å². The Bertz CT molecular complexity index is 916. The average Bonchev–Trinajstić information content (AvgIpc) is 2.76. The molecule has 0 N–H and O–H groups in total. The van der Waals surface area contributed by atoms with Crippen LogP contribution in [0.4, 0.5) is 0 Å². The Labute approximate surface area is 206 Å². The number of carbonyl (C=O) groups is 2. The number of piperazine rings is 1. The van der Waals surface area contributed by atoms with Crippen LogP contribution in [0.5, 0.6) is 11.5 Å². The van der Waals surface area contributed by atoms with Gasteiger partial charge in [0.2, 0.25) is 0 Å². The van der Waals surface area contributed by atoms with Crippen LogP contribution in [-0.4, -0.2) is 60.0 Å². The molecule has 0 aromatic heterocycles. The van der Waals surface area contributed by atoms with Crippen molar-refractivity contribution in [2.24, 2.45) is 0 Å². The summed E-state index contributed by atoms with van der Waals surface area (Å²) in [6.45, 7) is 4.89. The minimum atomic E-state index is -0.731. The molecule has 3 rings (SSSR count). The number of hydrogen-bond acceptors (Lipinski definition) is 4. The SMILES string of the molecule is C[C@@H](Oc1ccc(Cl)cc1Cl)C(=O)N1CCN(C(=O)[C@@H](C)Oc2ccc(Cl)cc2Cl)CC1. The van der Waals surface area contributed by atoms with Crippen molar-refractivity contribution in [3.63, 3.8) is 0 Å². The van der Waals surface area contributed by atoms with Crippen molar-refractivity contribution in [2.45, 2.75) is 26.1 Å². The van der Waals surface area contributed by atoms with Gasteiger partial charge < -0.3 is 19.3 Å². The molecule has 0 saturated carbocycles. The van der Waals surface area contributed by atoms with Gasteiger partial charge in [-0.05, 0) is 50.2 Å². The third kappa shape index (κ3) is 6.13. The summed E-state index contributed by atoms with van der Waals surface area (Å²) in [5.41, 5.74) is 0. The third-order valence-electron chi connectivity index (χ3n) is 4.99. The molecule has 0 aliphatic carbocycles. The first-order chi connectivity index (χ1) is 15.2. The lowest BCUT2D eigenvalue weighted by molar-refractivity contribution is -0.146. The normalized spacial score (nSPS) is 15.8. The highest BCUT2D eigenvalue weighted by molar-refractivity contribution is 6.36. The van der Waals surface area contributed by atoms with Gasteiger partial charge >= 0.3 is 0 Å². The maximum atomic E-state index is 12.8. The van der Waals surface area contributed by atoms with Gasteiger partial charge in [0.25, 0.3) is 11.8 Å². The minimum absolute atomic E-state index is 0.180. The number of halogens is 4. The molecule has 32 heavy (non-hydrogen) atoms. The topological polar surface area (TPSA) is 59.1 Å². The van der Waals surface area contributed by atoms with Gasteiger partial charge in [0.15, 0.2) is 12.2 Å². The predicted molar refractivity (Wildman–Crippen MR) is 126 cm³/mol. The minimum Gasteiger partial charge on any atom is -0.479 e. The van der Waals surface area contributed by atoms with Gasteiger partial charge in [-0.25, -0.2) is 0 Å². The van der Waals surface area contributed by atoms with Crippen molar-refractivity contribution >= 4 is 58.2 Å². The monoisotopic (exact) mass is 518 g/mol. The quantitative estimate of drug-likeness (QED) is 0.526. The molecule has 1 heterocycles. The zero-order valence-electron chi connectivity index (χ0n) is 17.5. The fraction of sp³-hybridized carbons (Fsp3) is 0.364. The molecule has 0 radical (unpaired) electrons. The first-order valence-electron chi connectivity index (χ1n) is 9.96. The average molecular weight is 520 g/mol. The van der Waals surface area contributed by atoms with Crippen LogP contribution in [0.1, 0.15) is 13.8 Å². The van der Waals surface area contributed by atoms with Crippen molar-refractivity contribution in [2.75, 3.05) is 26.2 Å². The number of hydrogen-bond donors (Lipinski definition) is 0. The molecule has 2 aromatic rings. The third-order valence-corrected chi connectivity index (χ3v) is 6.05. The van der Waals surface area contributed by atoms with Crippen molar-refractivity contribution in [1.82, 2.24) is 9.80 Å². The van der Waals surface area contributed by atoms with Crippen LogP contribution in [0.15, 0.2) is 36.4 Å². The Hall–Kier alpha value is -1.86. The summed E-state index contributed by atoms with van der Waals surface area (Å²) >= 11 is 24.0. The van der Waals surface area contributed by atoms with Crippen LogP contribution in [-0.2, 0) is 9.59 Å². The molecule has 1 aliphatic rings. The number of amides is 2. The summed E-state index contributed by atoms with van der Waals surface area (Å²) in [4.78, 5) is 28.9. The van der Waals surface area contributed by atoms with E-state index in [0.29, 0.717) is 57.8 Å². The Morgan fingerprint density at radius 3 is 1.38 bits per heavy atom. The summed E-state index contributed by atoms with van der Waals surface area (Å²) in [5, 5.41) is 1.64. The maximum Gasteiger partial charge on any atom is 0.263 e. The van der Waals surface area contributed by atoms with Crippen LogP contribution in [0.3, 0.4) is 0 Å². The van der Waals surface area contributed by atoms with Crippen LogP contribution in [0.2, 0.25) is 20.1 Å². The molecule has 1 aliphatic heterocycles. The molecule has 10 heteroatoms. The Balaban J connectivity index is 1.52. The summed E-state index contributed by atoms with van der Waals surface area (Å²) in [5.74, 6) is 0.413. The molecule has 1 saturated heterocycles. The first kappa shape index (κ1) is 24.8. The second kappa shape index (κ2) is 10.8. The van der Waals surface area contributed by atoms with Gasteiger partial charge in [-0.1, -0.05) is 46.4 Å². The van der Waals surface area contributed by atoms with Gasteiger partial charge in [0.1, 0.15) is 11.5 Å². The van der Waals surface area contributed by atoms with Gasteiger partial charge in [0.05, 0.1) is 10.0 Å². The lowest BCUT2D eigenvalue weighted by Gasteiger charge is -2.36. The van der Waals surface area contributed by atoms with E-state index in [9.17, 15) is 9.59 Å². The number of benzene rings is 2. The lowest BCUT2D eigenvalue weighted by Crippen LogP contribution is -2.55. The highest BCUT2D eigenvalue weighted by Gasteiger charge is 2.30. The van der Waals surface area contributed by atoms with E-state index in [-0.39, 0.29) is 11.8 Å². The summed E-state index contributed by atoms with van der Waals surface area (Å²) < 4.78 is 11.4. The van der Waals surface area contributed by atoms with Crippen LogP contribution in [0.25, 0.3) is 0 Å². The smallest absolute Gasteiger partial charge is 0.263 e. The van der Waals surface area contributed by atoms with E-state index in [4.69, 9.17) is 55.9 Å². The van der Waals surface area contributed by atoms with Gasteiger partial charge in [-0.15, -0.1) is 0 Å². The molecule has 0 bridgehead atoms. The van der Waals surface area contributed by atoms with Gasteiger partial charge in [-0.3, -0.25) is 9.59 Å². The van der Waals surface area contributed by atoms with E-state index in [1.165, 1.54) is 0 Å². The van der Waals surface area contributed by atoms with E-state index in [1.54, 1.807) is 60.0 Å². The number of ether oxygens (including phenoxy) is 2. The second-order valence-electron chi connectivity index (χ2n) is 7.32. The van der Waals surface area contributed by atoms with E-state index in [2.05, 4.69) is 0 Å². The number of carbonyl (C=O) groups excluding carboxylic acids is 2. The molecule has 172 valence electrons. The number of nitrogens with zero attached hydrogens (tertiary/aromatic N) is 2. The fourth-order valence-corrected chi connectivity index (χ4v) is 4.19. The molecule has 0 spiro atoms. The van der Waals surface area contributed by atoms with Crippen molar-refractivity contribution in [3.8, 4) is 11.5 Å². The molecule has 2 amide bonds. The standard InChI is InChI=1S/C22H22Cl4N2O4/c1-13(31-19-5-3-15(23)11-17(19)25)21(29)27-7-9-28(10-8-27)22(30)14(2)32-20-6-4-16(24)12-18(20)26/h3-6,11-14H,7-10H2,1-2H3/t13-,14-/m1/s1. The van der Waals surface area contributed by atoms with E-state index in [1.807, 2.05) is 0 Å². The van der Waals surface area contributed by atoms with Crippen molar-refractivity contribution < 1.29 is 19.1 Å². The molecule has 0 unspecified atom stereocenters. The van der Waals surface area contributed by atoms with Crippen molar-refractivity contribution in [3.05, 3.63) is 56.5 Å². The highest BCUT2D eigenvalue weighted by atomic mass is 35.5. The lowest BCUT2D eigenvalue weighted by atomic mass is 10.2. The van der Waals surface area contributed by atoms with Crippen LogP contribution in [0, 0.1) is 0 Å². The van der Waals surface area contributed by atoms with Crippen LogP contribution >= 0.6 is 46.4 Å². The maximum absolute atomic E-state index is 12.8. The molecule has 6 nitrogen and oxygen atoms in total. The summed E-state index contributed by atoms with van der Waals surface area (Å²) in [7, 11) is 0. The van der Waals surface area contributed by atoms with Gasteiger partial charge in [-0.2, -0.15) is 0 Å². The van der Waals surface area contributed by atoms with E-state index >= 15 is 0 Å². The molecule has 2 aromatic carbocycles. The Morgan fingerprint density at radius 2 is 1.06 bits per heavy atom. The second-order valence-corrected chi connectivity index (χ2v) is 9.01. The van der Waals surface area contributed by atoms with Crippen molar-refractivity contribution in [1.29, 1.82) is 0 Å². The number of rotatable bonds is 6. The summed E-state index contributed by atoms with van der Waals surface area (Å²) in [6, 6.07) is 9.65. The largest absolute Gasteiger partial charge is 0.479 e. The summed E-state index contributed by atoms with van der Waals surface area (Å²) in [6.07, 6.45) is -1.46. The molecule has 2 atom stereocenters. The molecular formula is C22H22Cl4N2O4. The fourth-order valence-electron chi connectivity index (χ4n) is 3.28. The Morgan fingerprint density at radius 1 is 0.719 bits per heavy atom. The Kier molecular flexibility index (Phi) is 8.39. The van der Waals surface area contributed by atoms with E-state index in [0.717, 1.165) is 0 Å². The molecule has 1 fully saturated rings. The predicted octanol–water partition coefficient (Wildman–Crippen LogP) is 5.21. The zero-order valence-corrected chi connectivity index (χ0v) is 20.5. The zero-order chi connectivity index (χ0) is 23.4. The highest BCUT2D eigenvalue weighted by Crippen LogP contribution is 2.29. The van der Waals surface area contributed by atoms with E-state index < -0.39 is 12.2 Å². The first-order valence-corrected chi connectivity index (χ1v) is 11.5. The molecular weight excluding hydrogens is 498 g/mol. The van der Waals surface area contributed by atoms with Crippen LogP contribution < -0.4 is 9.47 Å².